The van der Waals surface area contributed by atoms with Crippen LogP contribution in [0.25, 0.3) is 0 Å². The summed E-state index contributed by atoms with van der Waals surface area (Å²) in [5, 5.41) is 11.6. The van der Waals surface area contributed by atoms with Crippen LogP contribution in [0.4, 0.5) is 0 Å². The summed E-state index contributed by atoms with van der Waals surface area (Å²) in [4.78, 5) is 22.5. The van der Waals surface area contributed by atoms with Crippen molar-refractivity contribution < 1.29 is 14.7 Å². The van der Waals surface area contributed by atoms with E-state index >= 15 is 0 Å². The van der Waals surface area contributed by atoms with Crippen LogP contribution < -0.4 is 5.32 Å². The molecular weight excluding hydrogens is 218 g/mol. The van der Waals surface area contributed by atoms with Crippen molar-refractivity contribution in [1.29, 1.82) is 0 Å². The molecule has 0 aliphatic heterocycles. The Kier molecular flexibility index (Phi) is 3.23. The molecule has 0 bridgehead atoms. The number of aliphatic carboxylic acids is 1. The highest BCUT2D eigenvalue weighted by molar-refractivity contribution is 5.94. The molecule has 2 N–H and O–H groups in total. The van der Waals surface area contributed by atoms with E-state index in [-0.39, 0.29) is 11.9 Å². The minimum absolute atomic E-state index is 0.175. The monoisotopic (exact) mass is 231 g/mol. The minimum Gasteiger partial charge on any atom is -0.481 e. The van der Waals surface area contributed by atoms with Gasteiger partial charge in [-0.2, -0.15) is 0 Å². The first-order chi connectivity index (χ1) is 8.16. The van der Waals surface area contributed by atoms with Gasteiger partial charge in [0.05, 0.1) is 5.92 Å². The molecule has 17 heavy (non-hydrogen) atoms. The lowest BCUT2D eigenvalue weighted by molar-refractivity contribution is -0.140. The van der Waals surface area contributed by atoms with Crippen LogP contribution in [0.1, 0.15) is 16.8 Å². The lowest BCUT2D eigenvalue weighted by atomic mass is 10.1. The Morgan fingerprint density at radius 1 is 1.18 bits per heavy atom. The van der Waals surface area contributed by atoms with Crippen molar-refractivity contribution in [2.75, 3.05) is 0 Å². The van der Waals surface area contributed by atoms with Crippen molar-refractivity contribution in [2.24, 2.45) is 5.92 Å². The standard InChI is InChI=1S/C13H13NO3/c15-12(9-4-2-1-3-5-9)14-11-7-6-10(8-11)13(16)17/h1-7,10-11H,8H2,(H,14,15)(H,16,17). The van der Waals surface area contributed by atoms with E-state index in [1.807, 2.05) is 6.07 Å². The zero-order valence-electron chi connectivity index (χ0n) is 9.17. The van der Waals surface area contributed by atoms with Gasteiger partial charge in [-0.05, 0) is 18.6 Å². The lowest BCUT2D eigenvalue weighted by Gasteiger charge is -2.11. The van der Waals surface area contributed by atoms with Gasteiger partial charge in [-0.15, -0.1) is 0 Å². The number of amides is 1. The van der Waals surface area contributed by atoms with Gasteiger partial charge in [-0.3, -0.25) is 9.59 Å². The molecule has 1 aromatic rings. The van der Waals surface area contributed by atoms with Crippen molar-refractivity contribution in [3.8, 4) is 0 Å². The summed E-state index contributed by atoms with van der Waals surface area (Å²) >= 11 is 0. The fourth-order valence-corrected chi connectivity index (χ4v) is 1.83. The Labute approximate surface area is 99.0 Å². The third-order valence-electron chi connectivity index (χ3n) is 2.75. The second-order valence-electron chi connectivity index (χ2n) is 4.01. The van der Waals surface area contributed by atoms with Gasteiger partial charge < -0.3 is 10.4 Å². The van der Waals surface area contributed by atoms with Crippen LogP contribution in [0.5, 0.6) is 0 Å². The number of carboxylic acid groups (broad SMARTS) is 1. The number of carbonyl (C=O) groups is 2. The number of hydrogen-bond acceptors (Lipinski definition) is 2. The van der Waals surface area contributed by atoms with Gasteiger partial charge in [-0.25, -0.2) is 0 Å². The number of carboxylic acids is 1. The summed E-state index contributed by atoms with van der Waals surface area (Å²) in [7, 11) is 0. The zero-order chi connectivity index (χ0) is 12.3. The maximum Gasteiger partial charge on any atom is 0.310 e. The van der Waals surface area contributed by atoms with Crippen LogP contribution in [-0.4, -0.2) is 23.0 Å². The van der Waals surface area contributed by atoms with Crippen molar-refractivity contribution >= 4 is 11.9 Å². The molecule has 1 amide bonds. The normalized spacial score (nSPS) is 22.4. The van der Waals surface area contributed by atoms with Crippen LogP contribution in [0.15, 0.2) is 42.5 Å². The number of rotatable bonds is 3. The Hall–Kier alpha value is -2.10. The van der Waals surface area contributed by atoms with Crippen LogP contribution in [0.3, 0.4) is 0 Å². The van der Waals surface area contributed by atoms with Crippen LogP contribution >= 0.6 is 0 Å². The molecule has 2 unspecified atom stereocenters. The molecule has 1 aromatic carbocycles. The van der Waals surface area contributed by atoms with E-state index in [1.54, 1.807) is 36.4 Å². The van der Waals surface area contributed by atoms with Gasteiger partial charge in [-0.1, -0.05) is 30.4 Å². The number of benzene rings is 1. The van der Waals surface area contributed by atoms with E-state index in [1.165, 1.54) is 0 Å². The Morgan fingerprint density at radius 3 is 2.47 bits per heavy atom. The predicted octanol–water partition coefficient (Wildman–Crippen LogP) is 1.45. The van der Waals surface area contributed by atoms with E-state index in [0.29, 0.717) is 12.0 Å². The van der Waals surface area contributed by atoms with Crippen LogP contribution in [0.2, 0.25) is 0 Å². The largest absolute Gasteiger partial charge is 0.481 e. The van der Waals surface area contributed by atoms with Crippen LogP contribution in [-0.2, 0) is 4.79 Å². The highest BCUT2D eigenvalue weighted by Gasteiger charge is 2.25. The quantitative estimate of drug-likeness (QED) is 0.774. The van der Waals surface area contributed by atoms with E-state index in [0.717, 1.165) is 0 Å². The van der Waals surface area contributed by atoms with Crippen molar-refractivity contribution in [1.82, 2.24) is 5.32 Å². The molecule has 2 atom stereocenters. The van der Waals surface area contributed by atoms with Crippen molar-refractivity contribution in [3.63, 3.8) is 0 Å². The molecule has 1 aliphatic rings. The molecule has 4 heteroatoms. The number of nitrogens with one attached hydrogen (secondary N) is 1. The van der Waals surface area contributed by atoms with Gasteiger partial charge in [0.15, 0.2) is 0 Å². The first-order valence-corrected chi connectivity index (χ1v) is 5.44. The average molecular weight is 231 g/mol. The molecule has 0 fully saturated rings. The molecule has 0 saturated carbocycles. The van der Waals surface area contributed by atoms with Gasteiger partial charge in [0.2, 0.25) is 0 Å². The molecule has 1 aliphatic carbocycles. The second kappa shape index (κ2) is 4.82. The molecule has 0 saturated heterocycles. The maximum absolute atomic E-state index is 11.8. The SMILES string of the molecule is O=C(NC1C=CC(C(=O)O)C1)c1ccccc1. The van der Waals surface area contributed by atoms with E-state index < -0.39 is 11.9 Å². The Morgan fingerprint density at radius 2 is 1.88 bits per heavy atom. The van der Waals surface area contributed by atoms with Gasteiger partial charge >= 0.3 is 5.97 Å². The summed E-state index contributed by atoms with van der Waals surface area (Å²) in [6, 6.07) is 8.68. The Balaban J connectivity index is 1.94. The minimum atomic E-state index is -0.849. The second-order valence-corrected chi connectivity index (χ2v) is 4.01. The zero-order valence-corrected chi connectivity index (χ0v) is 9.17. The summed E-state index contributed by atoms with van der Waals surface area (Å²) in [6.45, 7) is 0. The number of hydrogen-bond donors (Lipinski definition) is 2. The van der Waals surface area contributed by atoms with Crippen molar-refractivity contribution in [3.05, 3.63) is 48.0 Å². The average Bonchev–Trinajstić information content (AvgIpc) is 2.79. The molecule has 0 spiro atoms. The molecule has 0 heterocycles. The van der Waals surface area contributed by atoms with E-state index in [4.69, 9.17) is 5.11 Å². The summed E-state index contributed by atoms with van der Waals surface area (Å²) in [5.74, 6) is -1.51. The lowest BCUT2D eigenvalue weighted by Crippen LogP contribution is -2.33. The smallest absolute Gasteiger partial charge is 0.310 e. The van der Waals surface area contributed by atoms with Crippen molar-refractivity contribution in [2.45, 2.75) is 12.5 Å². The molecule has 4 nitrogen and oxygen atoms in total. The number of carbonyl (C=O) groups excluding carboxylic acids is 1. The highest BCUT2D eigenvalue weighted by atomic mass is 16.4. The van der Waals surface area contributed by atoms with Gasteiger partial charge in [0.25, 0.3) is 5.91 Å². The topological polar surface area (TPSA) is 66.4 Å². The van der Waals surface area contributed by atoms with E-state index in [2.05, 4.69) is 5.32 Å². The molecule has 0 radical (unpaired) electrons. The Bertz CT molecular complexity index is 453. The molecule has 88 valence electrons. The van der Waals surface area contributed by atoms with Crippen LogP contribution in [0, 0.1) is 5.92 Å². The molecule has 0 aromatic heterocycles. The first-order valence-electron chi connectivity index (χ1n) is 5.44. The fraction of sp³-hybridized carbons (Fsp3) is 0.231. The fourth-order valence-electron chi connectivity index (χ4n) is 1.83. The third-order valence-corrected chi connectivity index (χ3v) is 2.75. The predicted molar refractivity (Wildman–Crippen MR) is 62.6 cm³/mol. The summed E-state index contributed by atoms with van der Waals surface area (Å²) in [5.41, 5.74) is 0.583. The molecular formula is C13H13NO3. The highest BCUT2D eigenvalue weighted by Crippen LogP contribution is 2.18. The van der Waals surface area contributed by atoms with Gasteiger partial charge in [0, 0.05) is 11.6 Å². The summed E-state index contributed by atoms with van der Waals surface area (Å²) in [6.07, 6.45) is 3.78. The van der Waals surface area contributed by atoms with Gasteiger partial charge in [0.1, 0.15) is 0 Å². The third kappa shape index (κ3) is 2.72. The van der Waals surface area contributed by atoms with E-state index in [9.17, 15) is 9.59 Å². The maximum atomic E-state index is 11.8. The molecule has 2 rings (SSSR count). The first kappa shape index (κ1) is 11.4. The summed E-state index contributed by atoms with van der Waals surface area (Å²) < 4.78 is 0.